The molecular formula is C20H26N4O5S. The Labute approximate surface area is 175 Å². The Balaban J connectivity index is 1.44. The van der Waals surface area contributed by atoms with E-state index in [4.69, 9.17) is 9.15 Å². The van der Waals surface area contributed by atoms with E-state index in [1.807, 2.05) is 6.92 Å². The fourth-order valence-electron chi connectivity index (χ4n) is 3.97. The first kappa shape index (κ1) is 21.0. The summed E-state index contributed by atoms with van der Waals surface area (Å²) < 4.78 is 38.6. The lowest BCUT2D eigenvalue weighted by Gasteiger charge is -2.34. The second kappa shape index (κ2) is 8.83. The number of sulfonamides is 1. The molecule has 0 spiro atoms. The molecule has 0 bridgehead atoms. The van der Waals surface area contributed by atoms with E-state index in [0.29, 0.717) is 24.6 Å². The number of ether oxygens (including phenoxy) is 1. The number of amides is 1. The molecule has 2 unspecified atom stereocenters. The molecule has 1 aromatic carbocycles. The summed E-state index contributed by atoms with van der Waals surface area (Å²) in [5, 5.41) is 10.3. The summed E-state index contributed by atoms with van der Waals surface area (Å²) >= 11 is 0. The van der Waals surface area contributed by atoms with Gasteiger partial charge in [0.05, 0.1) is 4.90 Å². The van der Waals surface area contributed by atoms with Gasteiger partial charge in [0.2, 0.25) is 15.9 Å². The van der Waals surface area contributed by atoms with Gasteiger partial charge in [-0.25, -0.2) is 8.42 Å². The number of nitrogens with zero attached hydrogens (tertiary/aromatic N) is 3. The van der Waals surface area contributed by atoms with Gasteiger partial charge in [-0.2, -0.15) is 4.31 Å². The van der Waals surface area contributed by atoms with Gasteiger partial charge in [-0.1, -0.05) is 18.4 Å². The molecule has 1 aromatic heterocycles. The summed E-state index contributed by atoms with van der Waals surface area (Å²) in [6.45, 7) is 3.20. The lowest BCUT2D eigenvalue weighted by molar-refractivity contribution is 0.0893. The van der Waals surface area contributed by atoms with Crippen LogP contribution in [-0.2, 0) is 14.8 Å². The highest BCUT2D eigenvalue weighted by Crippen LogP contribution is 2.29. The smallest absolute Gasteiger partial charge is 0.322 e. The largest absolute Gasteiger partial charge is 0.405 e. The van der Waals surface area contributed by atoms with Crippen LogP contribution in [0.1, 0.15) is 67.8 Å². The van der Waals surface area contributed by atoms with Crippen LogP contribution in [0.15, 0.2) is 33.6 Å². The summed E-state index contributed by atoms with van der Waals surface area (Å²) in [6.07, 6.45) is 5.10. The monoisotopic (exact) mass is 434 g/mol. The summed E-state index contributed by atoms with van der Waals surface area (Å²) in [5.74, 6) is -0.109. The van der Waals surface area contributed by atoms with Crippen LogP contribution < -0.4 is 5.32 Å². The Bertz CT molecular complexity index is 983. The van der Waals surface area contributed by atoms with Crippen LogP contribution in [0, 0.1) is 0 Å². The predicted molar refractivity (Wildman–Crippen MR) is 108 cm³/mol. The summed E-state index contributed by atoms with van der Waals surface area (Å²) in [4.78, 5) is 12.7. The number of anilines is 1. The molecule has 2 fully saturated rings. The molecule has 2 atom stereocenters. The standard InChI is InChI=1S/C20H26N4O5S/c1-2-15-6-3-4-12-24(15)30(26,27)16-10-8-14(9-11-16)18(25)21-20-23-22-19(29-20)17-7-5-13-28-17/h8-11,15,17H,2-7,12-13H2,1H3,(H,21,23,25). The highest BCUT2D eigenvalue weighted by Gasteiger charge is 2.32. The molecule has 3 heterocycles. The van der Waals surface area contributed by atoms with Crippen LogP contribution >= 0.6 is 0 Å². The Morgan fingerprint density at radius 3 is 2.67 bits per heavy atom. The van der Waals surface area contributed by atoms with E-state index < -0.39 is 15.9 Å². The normalized spacial score (nSPS) is 22.8. The van der Waals surface area contributed by atoms with Gasteiger partial charge in [0.15, 0.2) is 0 Å². The zero-order chi connectivity index (χ0) is 21.1. The quantitative estimate of drug-likeness (QED) is 0.743. The first-order valence-electron chi connectivity index (χ1n) is 10.4. The molecule has 10 heteroatoms. The highest BCUT2D eigenvalue weighted by molar-refractivity contribution is 7.89. The van der Waals surface area contributed by atoms with E-state index in [0.717, 1.165) is 38.5 Å². The third-order valence-electron chi connectivity index (χ3n) is 5.63. The minimum Gasteiger partial charge on any atom is -0.405 e. The SMILES string of the molecule is CCC1CCCCN1S(=O)(=O)c1ccc(C(=O)Nc2nnc(C3CCCO3)o2)cc1. The highest BCUT2D eigenvalue weighted by atomic mass is 32.2. The van der Waals surface area contributed by atoms with Crippen molar-refractivity contribution < 1.29 is 22.4 Å². The average Bonchev–Trinajstić information content (AvgIpc) is 3.46. The van der Waals surface area contributed by atoms with Gasteiger partial charge in [0.25, 0.3) is 5.91 Å². The van der Waals surface area contributed by atoms with E-state index >= 15 is 0 Å². The van der Waals surface area contributed by atoms with Crippen molar-refractivity contribution in [3.63, 3.8) is 0 Å². The molecule has 2 aliphatic heterocycles. The van der Waals surface area contributed by atoms with Gasteiger partial charge < -0.3 is 9.15 Å². The minimum absolute atomic E-state index is 0.0127. The average molecular weight is 435 g/mol. The first-order valence-corrected chi connectivity index (χ1v) is 11.8. The topological polar surface area (TPSA) is 115 Å². The molecule has 30 heavy (non-hydrogen) atoms. The molecule has 162 valence electrons. The van der Waals surface area contributed by atoms with Crippen molar-refractivity contribution in [1.82, 2.24) is 14.5 Å². The number of benzene rings is 1. The van der Waals surface area contributed by atoms with E-state index in [2.05, 4.69) is 15.5 Å². The van der Waals surface area contributed by atoms with Crippen LogP contribution in [0.2, 0.25) is 0 Å². The third kappa shape index (κ3) is 4.26. The number of hydrogen-bond donors (Lipinski definition) is 1. The number of carbonyl (C=O) groups is 1. The molecule has 4 rings (SSSR count). The molecule has 0 radical (unpaired) electrons. The van der Waals surface area contributed by atoms with E-state index in [9.17, 15) is 13.2 Å². The molecule has 1 N–H and O–H groups in total. The van der Waals surface area contributed by atoms with E-state index in [1.165, 1.54) is 24.3 Å². The number of rotatable bonds is 6. The molecule has 9 nitrogen and oxygen atoms in total. The van der Waals surface area contributed by atoms with Gasteiger partial charge in [0, 0.05) is 24.8 Å². The predicted octanol–water partition coefficient (Wildman–Crippen LogP) is 3.13. The maximum absolute atomic E-state index is 13.0. The Kier molecular flexibility index (Phi) is 6.16. The molecular weight excluding hydrogens is 408 g/mol. The van der Waals surface area contributed by atoms with E-state index in [1.54, 1.807) is 4.31 Å². The zero-order valence-corrected chi connectivity index (χ0v) is 17.7. The summed E-state index contributed by atoms with van der Waals surface area (Å²) in [7, 11) is -3.58. The van der Waals surface area contributed by atoms with Crippen LogP contribution in [0.5, 0.6) is 0 Å². The van der Waals surface area contributed by atoms with Crippen molar-refractivity contribution in [2.24, 2.45) is 0 Å². The number of aromatic nitrogens is 2. The van der Waals surface area contributed by atoms with Crippen molar-refractivity contribution in [1.29, 1.82) is 0 Å². The van der Waals surface area contributed by atoms with Crippen molar-refractivity contribution in [2.45, 2.75) is 62.5 Å². The maximum atomic E-state index is 13.0. The molecule has 0 saturated carbocycles. The van der Waals surface area contributed by atoms with Gasteiger partial charge in [0.1, 0.15) is 6.10 Å². The third-order valence-corrected chi connectivity index (χ3v) is 7.60. The lowest BCUT2D eigenvalue weighted by atomic mass is 10.0. The fourth-order valence-corrected chi connectivity index (χ4v) is 5.74. The van der Waals surface area contributed by atoms with Crippen LogP contribution in [0.25, 0.3) is 0 Å². The molecule has 2 saturated heterocycles. The van der Waals surface area contributed by atoms with Crippen molar-refractivity contribution in [3.05, 3.63) is 35.7 Å². The Hall–Kier alpha value is -2.30. The van der Waals surface area contributed by atoms with Crippen molar-refractivity contribution in [3.8, 4) is 0 Å². The van der Waals surface area contributed by atoms with E-state index in [-0.39, 0.29) is 23.1 Å². The minimum atomic E-state index is -3.58. The Morgan fingerprint density at radius 1 is 1.17 bits per heavy atom. The lowest BCUT2D eigenvalue weighted by Crippen LogP contribution is -2.43. The van der Waals surface area contributed by atoms with Gasteiger partial charge in [-0.3, -0.25) is 10.1 Å². The van der Waals surface area contributed by atoms with Crippen LogP contribution in [0.4, 0.5) is 6.01 Å². The molecule has 0 aliphatic carbocycles. The summed E-state index contributed by atoms with van der Waals surface area (Å²) in [5.41, 5.74) is 0.302. The summed E-state index contributed by atoms with van der Waals surface area (Å²) in [6, 6.07) is 5.94. The van der Waals surface area contributed by atoms with Gasteiger partial charge in [-0.05, 0) is 56.4 Å². The van der Waals surface area contributed by atoms with Gasteiger partial charge >= 0.3 is 6.01 Å². The first-order chi connectivity index (χ1) is 14.5. The molecule has 2 aromatic rings. The second-order valence-corrected chi connectivity index (χ2v) is 9.49. The second-order valence-electron chi connectivity index (χ2n) is 7.60. The van der Waals surface area contributed by atoms with Crippen molar-refractivity contribution in [2.75, 3.05) is 18.5 Å². The molecule has 2 aliphatic rings. The maximum Gasteiger partial charge on any atom is 0.322 e. The zero-order valence-electron chi connectivity index (χ0n) is 16.9. The number of piperidine rings is 1. The number of hydrogen-bond acceptors (Lipinski definition) is 7. The van der Waals surface area contributed by atoms with Crippen LogP contribution in [-0.4, -0.2) is 48.0 Å². The van der Waals surface area contributed by atoms with Crippen LogP contribution in [0.3, 0.4) is 0 Å². The van der Waals surface area contributed by atoms with Gasteiger partial charge in [-0.15, -0.1) is 5.10 Å². The number of nitrogens with one attached hydrogen (secondary N) is 1. The number of carbonyl (C=O) groups excluding carboxylic acids is 1. The molecule has 1 amide bonds. The van der Waals surface area contributed by atoms with Crippen molar-refractivity contribution >= 4 is 21.9 Å². The fraction of sp³-hybridized carbons (Fsp3) is 0.550. The Morgan fingerprint density at radius 2 is 1.97 bits per heavy atom.